The molecule has 0 aliphatic carbocycles. The van der Waals surface area contributed by atoms with E-state index < -0.39 is 6.10 Å². The number of aryl methyl sites for hydroxylation is 2. The largest absolute Gasteiger partial charge is 0.391 e. The third-order valence-electron chi connectivity index (χ3n) is 4.77. The molecule has 0 aromatic carbocycles. The van der Waals surface area contributed by atoms with E-state index in [0.717, 1.165) is 22.4 Å². The fourth-order valence-electron chi connectivity index (χ4n) is 3.39. The topological polar surface area (TPSA) is 99.9 Å². The van der Waals surface area contributed by atoms with Gasteiger partial charge in [0, 0.05) is 37.9 Å². The molecule has 8 nitrogen and oxygen atoms in total. The van der Waals surface area contributed by atoms with Gasteiger partial charge in [0.2, 0.25) is 0 Å². The van der Waals surface area contributed by atoms with Gasteiger partial charge in [0.25, 0.3) is 5.91 Å². The van der Waals surface area contributed by atoms with Gasteiger partial charge in [0.15, 0.2) is 0 Å². The normalized spacial score (nSPS) is 20.5. The summed E-state index contributed by atoms with van der Waals surface area (Å²) in [4.78, 5) is 18.8. The van der Waals surface area contributed by atoms with Crippen molar-refractivity contribution in [2.45, 2.75) is 19.4 Å². The highest BCUT2D eigenvalue weighted by atomic mass is 16.3. The van der Waals surface area contributed by atoms with Crippen LogP contribution < -0.4 is 0 Å². The molecule has 8 heteroatoms. The van der Waals surface area contributed by atoms with E-state index in [1.807, 2.05) is 20.0 Å². The van der Waals surface area contributed by atoms with Crippen molar-refractivity contribution in [1.29, 1.82) is 0 Å². The maximum Gasteiger partial charge on any atom is 0.255 e. The maximum absolute atomic E-state index is 12.8. The van der Waals surface area contributed by atoms with Crippen molar-refractivity contribution in [3.63, 3.8) is 0 Å². The Hall–Kier alpha value is -2.74. The van der Waals surface area contributed by atoms with Crippen LogP contribution in [0.2, 0.25) is 0 Å². The average molecular weight is 340 g/mol. The van der Waals surface area contributed by atoms with E-state index in [9.17, 15) is 9.90 Å². The van der Waals surface area contributed by atoms with E-state index in [4.69, 9.17) is 0 Å². The van der Waals surface area contributed by atoms with Crippen molar-refractivity contribution in [2.24, 2.45) is 13.0 Å². The third kappa shape index (κ3) is 2.89. The lowest BCUT2D eigenvalue weighted by molar-refractivity contribution is 0.0764. The second kappa shape index (κ2) is 5.96. The van der Waals surface area contributed by atoms with Crippen LogP contribution in [0.15, 0.2) is 24.5 Å². The zero-order chi connectivity index (χ0) is 17.6. The highest BCUT2D eigenvalue weighted by Crippen LogP contribution is 2.23. The number of amides is 1. The number of fused-ring (bicyclic) bond motifs is 1. The number of likely N-dealkylation sites (tertiary alicyclic amines) is 1. The number of hydrogen-bond donors (Lipinski definition) is 2. The lowest BCUT2D eigenvalue weighted by Crippen LogP contribution is -2.29. The number of nitrogens with zero attached hydrogens (tertiary/aromatic N) is 5. The summed E-state index contributed by atoms with van der Waals surface area (Å²) in [6.07, 6.45) is 3.34. The monoisotopic (exact) mass is 340 g/mol. The van der Waals surface area contributed by atoms with Gasteiger partial charge in [0.1, 0.15) is 5.52 Å². The molecule has 1 saturated heterocycles. The number of aromatic nitrogens is 5. The first-order chi connectivity index (χ1) is 12.0. The standard InChI is InChI=1S/C17H20N6O2/c1-10-3-13(21-20-10)4-12-8-23(9-16(12)24)17(25)11-5-15-14(18-6-11)7-19-22(15)2/h3,5-7,12,16,24H,4,8-9H2,1-2H3,(H,20,21)/t12-,16-/m1/s1. The zero-order valence-electron chi connectivity index (χ0n) is 14.2. The fourth-order valence-corrected chi connectivity index (χ4v) is 3.39. The number of nitrogens with one attached hydrogen (secondary N) is 1. The molecule has 0 radical (unpaired) electrons. The Balaban J connectivity index is 1.51. The minimum absolute atomic E-state index is 0.0138. The van der Waals surface area contributed by atoms with Crippen molar-refractivity contribution < 1.29 is 9.90 Å². The summed E-state index contributed by atoms with van der Waals surface area (Å²) in [5.74, 6) is -0.129. The second-order valence-corrected chi connectivity index (χ2v) is 6.68. The van der Waals surface area contributed by atoms with Gasteiger partial charge in [-0.1, -0.05) is 0 Å². The number of aromatic amines is 1. The molecule has 2 N–H and O–H groups in total. The Morgan fingerprint density at radius 3 is 2.96 bits per heavy atom. The summed E-state index contributed by atoms with van der Waals surface area (Å²) in [7, 11) is 1.82. The van der Waals surface area contributed by atoms with Crippen molar-refractivity contribution >= 4 is 16.9 Å². The number of hydrogen-bond acceptors (Lipinski definition) is 5. The Morgan fingerprint density at radius 2 is 2.20 bits per heavy atom. The number of aliphatic hydroxyl groups is 1. The molecule has 1 fully saturated rings. The molecule has 0 bridgehead atoms. The molecule has 130 valence electrons. The molecular weight excluding hydrogens is 320 g/mol. The summed E-state index contributed by atoms with van der Waals surface area (Å²) in [6, 6.07) is 3.77. The summed E-state index contributed by atoms with van der Waals surface area (Å²) in [6.45, 7) is 2.78. The van der Waals surface area contributed by atoms with E-state index in [1.165, 1.54) is 0 Å². The van der Waals surface area contributed by atoms with Gasteiger partial charge in [-0.05, 0) is 25.5 Å². The number of aliphatic hydroxyl groups excluding tert-OH is 1. The lowest BCUT2D eigenvalue weighted by Gasteiger charge is -2.16. The van der Waals surface area contributed by atoms with E-state index in [-0.39, 0.29) is 11.8 Å². The number of H-pyrrole nitrogens is 1. The molecule has 1 aliphatic rings. The lowest BCUT2D eigenvalue weighted by atomic mass is 10.0. The van der Waals surface area contributed by atoms with Gasteiger partial charge in [-0.25, -0.2) is 0 Å². The molecule has 3 aromatic heterocycles. The summed E-state index contributed by atoms with van der Waals surface area (Å²) >= 11 is 0. The van der Waals surface area contributed by atoms with E-state index in [1.54, 1.807) is 28.0 Å². The summed E-state index contributed by atoms with van der Waals surface area (Å²) < 4.78 is 1.70. The maximum atomic E-state index is 12.8. The minimum Gasteiger partial charge on any atom is -0.391 e. The van der Waals surface area contributed by atoms with Gasteiger partial charge >= 0.3 is 0 Å². The smallest absolute Gasteiger partial charge is 0.255 e. The molecule has 2 atom stereocenters. The Bertz CT molecular complexity index is 930. The van der Waals surface area contributed by atoms with E-state index >= 15 is 0 Å². The first kappa shape index (κ1) is 15.8. The van der Waals surface area contributed by atoms with Crippen LogP contribution in [-0.4, -0.2) is 60.1 Å². The Morgan fingerprint density at radius 1 is 1.36 bits per heavy atom. The van der Waals surface area contributed by atoms with Crippen LogP contribution in [0, 0.1) is 12.8 Å². The van der Waals surface area contributed by atoms with Crippen LogP contribution in [0.5, 0.6) is 0 Å². The third-order valence-corrected chi connectivity index (χ3v) is 4.77. The predicted molar refractivity (Wildman–Crippen MR) is 90.9 cm³/mol. The van der Waals surface area contributed by atoms with Crippen LogP contribution >= 0.6 is 0 Å². The average Bonchev–Trinajstić information content (AvgIpc) is 3.28. The second-order valence-electron chi connectivity index (χ2n) is 6.68. The predicted octanol–water partition coefficient (Wildman–Crippen LogP) is 0.675. The quantitative estimate of drug-likeness (QED) is 0.730. The summed E-state index contributed by atoms with van der Waals surface area (Å²) in [5.41, 5.74) is 3.99. The van der Waals surface area contributed by atoms with E-state index in [0.29, 0.717) is 25.1 Å². The number of β-amino-alcohol motifs (C(OH)–C–C–N with tert-alkyl or cyclic N) is 1. The van der Waals surface area contributed by atoms with Crippen molar-refractivity contribution in [2.75, 3.05) is 13.1 Å². The molecule has 1 amide bonds. The minimum atomic E-state index is -0.547. The van der Waals surface area contributed by atoms with Crippen LogP contribution in [0.3, 0.4) is 0 Å². The van der Waals surface area contributed by atoms with Crippen LogP contribution in [0.25, 0.3) is 11.0 Å². The van der Waals surface area contributed by atoms with Gasteiger partial charge in [-0.3, -0.25) is 19.6 Å². The van der Waals surface area contributed by atoms with Crippen LogP contribution in [0.4, 0.5) is 0 Å². The molecule has 4 heterocycles. The van der Waals surface area contributed by atoms with Crippen molar-refractivity contribution in [3.05, 3.63) is 41.5 Å². The molecule has 0 unspecified atom stereocenters. The van der Waals surface area contributed by atoms with Gasteiger partial charge in [-0.15, -0.1) is 0 Å². The highest BCUT2D eigenvalue weighted by Gasteiger charge is 2.35. The van der Waals surface area contributed by atoms with Gasteiger partial charge in [-0.2, -0.15) is 10.2 Å². The highest BCUT2D eigenvalue weighted by molar-refractivity contribution is 5.96. The number of carbonyl (C=O) groups excluding carboxylic acids is 1. The Labute approximate surface area is 144 Å². The van der Waals surface area contributed by atoms with Crippen LogP contribution in [-0.2, 0) is 13.5 Å². The summed E-state index contributed by atoms with van der Waals surface area (Å²) in [5, 5.41) is 21.6. The van der Waals surface area contributed by atoms with Crippen LogP contribution in [0.1, 0.15) is 21.7 Å². The Kier molecular flexibility index (Phi) is 3.76. The molecule has 1 aliphatic heterocycles. The van der Waals surface area contributed by atoms with Gasteiger partial charge in [0.05, 0.1) is 29.1 Å². The SMILES string of the molecule is Cc1cc(C[C@@H]2CN(C(=O)c3cnc4cnn(C)c4c3)C[C@H]2O)n[nH]1. The number of carbonyl (C=O) groups is 1. The van der Waals surface area contributed by atoms with Crippen molar-refractivity contribution in [1.82, 2.24) is 29.9 Å². The molecule has 4 rings (SSSR count). The number of rotatable bonds is 3. The first-order valence-electron chi connectivity index (χ1n) is 8.27. The molecular formula is C17H20N6O2. The van der Waals surface area contributed by atoms with Gasteiger partial charge < -0.3 is 10.0 Å². The molecule has 0 spiro atoms. The van der Waals surface area contributed by atoms with Crippen molar-refractivity contribution in [3.8, 4) is 0 Å². The molecule has 25 heavy (non-hydrogen) atoms. The molecule has 3 aromatic rings. The fraction of sp³-hybridized carbons (Fsp3) is 0.412. The first-order valence-corrected chi connectivity index (χ1v) is 8.27. The zero-order valence-corrected chi connectivity index (χ0v) is 14.2. The number of pyridine rings is 1. The van der Waals surface area contributed by atoms with E-state index in [2.05, 4.69) is 20.3 Å². The molecule has 0 saturated carbocycles.